The Morgan fingerprint density at radius 1 is 0.889 bits per heavy atom. The molecule has 0 saturated carbocycles. The van der Waals surface area contributed by atoms with Crippen molar-refractivity contribution in [2.24, 2.45) is 0 Å². The molecule has 0 fully saturated rings. The average Bonchev–Trinajstić information content (AvgIpc) is 2.74. The molecule has 1 aromatic heterocycles. The van der Waals surface area contributed by atoms with E-state index in [0.717, 1.165) is 11.1 Å². The first-order chi connectivity index (χ1) is 13.2. The number of ether oxygens (including phenoxy) is 2. The molecule has 0 radical (unpaired) electrons. The molecule has 0 aliphatic carbocycles. The number of methoxy groups -OCH3 is 2. The van der Waals surface area contributed by atoms with E-state index in [1.807, 2.05) is 60.7 Å². The van der Waals surface area contributed by atoms with Crippen LogP contribution in [-0.4, -0.2) is 30.0 Å². The first kappa shape index (κ1) is 18.5. The van der Waals surface area contributed by atoms with Gasteiger partial charge in [0.15, 0.2) is 11.5 Å². The number of amides is 1. The van der Waals surface area contributed by atoms with Gasteiger partial charge in [0.2, 0.25) is 0 Å². The molecule has 3 rings (SSSR count). The summed E-state index contributed by atoms with van der Waals surface area (Å²) in [4.78, 5) is 19.0. The number of rotatable bonds is 7. The smallest absolute Gasteiger partial charge is 0.254 e. The van der Waals surface area contributed by atoms with Crippen LogP contribution in [0.15, 0.2) is 73.1 Å². The molecule has 138 valence electrons. The third-order valence-corrected chi connectivity index (χ3v) is 4.23. The molecule has 0 spiro atoms. The van der Waals surface area contributed by atoms with Crippen LogP contribution >= 0.6 is 0 Å². The number of pyridine rings is 1. The van der Waals surface area contributed by atoms with Crippen molar-refractivity contribution < 1.29 is 14.3 Å². The highest BCUT2D eigenvalue weighted by molar-refractivity contribution is 5.94. The van der Waals surface area contributed by atoms with Crippen molar-refractivity contribution in [3.8, 4) is 11.5 Å². The maximum Gasteiger partial charge on any atom is 0.254 e. The fourth-order valence-electron chi connectivity index (χ4n) is 2.87. The summed E-state index contributed by atoms with van der Waals surface area (Å²) in [5.41, 5.74) is 2.59. The summed E-state index contributed by atoms with van der Waals surface area (Å²) in [5.74, 6) is 1.27. The topological polar surface area (TPSA) is 51.7 Å². The second-order valence-corrected chi connectivity index (χ2v) is 6.08. The highest BCUT2D eigenvalue weighted by atomic mass is 16.5. The molecule has 0 saturated heterocycles. The summed E-state index contributed by atoms with van der Waals surface area (Å²) in [6, 6.07) is 18.8. The summed E-state index contributed by atoms with van der Waals surface area (Å²) >= 11 is 0. The standard InChI is InChI=1S/C22H22N2O3/c1-26-20-11-10-17(13-21(20)27-2)15-24(16-18-7-6-12-23-14-18)22(25)19-8-4-3-5-9-19/h3-14H,15-16H2,1-2H3. The van der Waals surface area contributed by atoms with E-state index in [1.54, 1.807) is 31.5 Å². The Morgan fingerprint density at radius 2 is 1.63 bits per heavy atom. The fourth-order valence-corrected chi connectivity index (χ4v) is 2.87. The predicted octanol–water partition coefficient (Wildman–Crippen LogP) is 3.94. The molecular weight excluding hydrogens is 340 g/mol. The van der Waals surface area contributed by atoms with Crippen LogP contribution in [0.1, 0.15) is 21.5 Å². The summed E-state index contributed by atoms with van der Waals surface area (Å²) in [7, 11) is 3.20. The van der Waals surface area contributed by atoms with Gasteiger partial charge in [0.1, 0.15) is 0 Å². The van der Waals surface area contributed by atoms with Gasteiger partial charge >= 0.3 is 0 Å². The van der Waals surface area contributed by atoms with Crippen LogP contribution in [0.5, 0.6) is 11.5 Å². The van der Waals surface area contributed by atoms with Crippen LogP contribution in [0, 0.1) is 0 Å². The van der Waals surface area contributed by atoms with E-state index in [2.05, 4.69) is 4.98 Å². The molecule has 5 heteroatoms. The molecule has 1 amide bonds. The Bertz CT molecular complexity index is 883. The zero-order chi connectivity index (χ0) is 19.1. The number of benzene rings is 2. The number of nitrogens with zero attached hydrogens (tertiary/aromatic N) is 2. The quantitative estimate of drug-likeness (QED) is 0.639. The van der Waals surface area contributed by atoms with E-state index < -0.39 is 0 Å². The summed E-state index contributed by atoms with van der Waals surface area (Å²) in [6.45, 7) is 0.916. The number of carbonyl (C=O) groups is 1. The van der Waals surface area contributed by atoms with Crippen LogP contribution in [0.3, 0.4) is 0 Å². The molecule has 2 aromatic carbocycles. The SMILES string of the molecule is COc1ccc(CN(Cc2cccnc2)C(=O)c2ccccc2)cc1OC. The Labute approximate surface area is 159 Å². The lowest BCUT2D eigenvalue weighted by Gasteiger charge is -2.23. The molecule has 0 atom stereocenters. The van der Waals surface area contributed by atoms with Gasteiger partial charge in [0.25, 0.3) is 5.91 Å². The second kappa shape index (κ2) is 8.85. The van der Waals surface area contributed by atoms with Crippen molar-refractivity contribution in [1.29, 1.82) is 0 Å². The number of carbonyl (C=O) groups excluding carboxylic acids is 1. The van der Waals surface area contributed by atoms with E-state index in [-0.39, 0.29) is 5.91 Å². The third-order valence-electron chi connectivity index (χ3n) is 4.23. The molecule has 3 aromatic rings. The van der Waals surface area contributed by atoms with Gasteiger partial charge < -0.3 is 14.4 Å². The number of hydrogen-bond donors (Lipinski definition) is 0. The van der Waals surface area contributed by atoms with Crippen LogP contribution in [-0.2, 0) is 13.1 Å². The van der Waals surface area contributed by atoms with Gasteiger partial charge in [0.05, 0.1) is 14.2 Å². The largest absolute Gasteiger partial charge is 0.493 e. The molecule has 0 unspecified atom stereocenters. The Balaban J connectivity index is 1.88. The lowest BCUT2D eigenvalue weighted by atomic mass is 10.1. The van der Waals surface area contributed by atoms with Crippen LogP contribution in [0.25, 0.3) is 0 Å². The molecule has 0 aliphatic heterocycles. The molecule has 1 heterocycles. The molecule has 5 nitrogen and oxygen atoms in total. The first-order valence-electron chi connectivity index (χ1n) is 8.65. The Morgan fingerprint density at radius 3 is 2.30 bits per heavy atom. The van der Waals surface area contributed by atoms with E-state index in [4.69, 9.17) is 9.47 Å². The van der Waals surface area contributed by atoms with Gasteiger partial charge in [-0.3, -0.25) is 9.78 Å². The number of aromatic nitrogens is 1. The lowest BCUT2D eigenvalue weighted by molar-refractivity contribution is 0.0729. The van der Waals surface area contributed by atoms with Gasteiger partial charge in [-0.15, -0.1) is 0 Å². The third kappa shape index (κ3) is 4.64. The lowest BCUT2D eigenvalue weighted by Crippen LogP contribution is -2.30. The van der Waals surface area contributed by atoms with Crippen LogP contribution < -0.4 is 9.47 Å². The van der Waals surface area contributed by atoms with Gasteiger partial charge in [-0.2, -0.15) is 0 Å². The Kier molecular flexibility index (Phi) is 6.05. The van der Waals surface area contributed by atoms with Crippen molar-refractivity contribution in [2.75, 3.05) is 14.2 Å². The highest BCUT2D eigenvalue weighted by Crippen LogP contribution is 2.28. The predicted molar refractivity (Wildman–Crippen MR) is 104 cm³/mol. The maximum absolute atomic E-state index is 13.1. The van der Waals surface area contributed by atoms with Gasteiger partial charge in [0, 0.05) is 31.0 Å². The van der Waals surface area contributed by atoms with E-state index in [0.29, 0.717) is 30.2 Å². The van der Waals surface area contributed by atoms with Crippen LogP contribution in [0.2, 0.25) is 0 Å². The monoisotopic (exact) mass is 362 g/mol. The van der Waals surface area contributed by atoms with E-state index in [9.17, 15) is 4.79 Å². The molecular formula is C22H22N2O3. The van der Waals surface area contributed by atoms with E-state index in [1.165, 1.54) is 0 Å². The van der Waals surface area contributed by atoms with Crippen LogP contribution in [0.4, 0.5) is 0 Å². The van der Waals surface area contributed by atoms with Crippen molar-refractivity contribution in [3.05, 3.63) is 89.7 Å². The normalized spacial score (nSPS) is 10.3. The summed E-state index contributed by atoms with van der Waals surface area (Å²) < 4.78 is 10.7. The second-order valence-electron chi connectivity index (χ2n) is 6.08. The minimum absolute atomic E-state index is 0.0331. The fraction of sp³-hybridized carbons (Fsp3) is 0.182. The first-order valence-corrected chi connectivity index (χ1v) is 8.65. The molecule has 0 aliphatic rings. The molecule has 27 heavy (non-hydrogen) atoms. The minimum atomic E-state index is -0.0331. The van der Waals surface area contributed by atoms with E-state index >= 15 is 0 Å². The summed E-state index contributed by atoms with van der Waals surface area (Å²) in [5, 5.41) is 0. The highest BCUT2D eigenvalue weighted by Gasteiger charge is 2.17. The average molecular weight is 362 g/mol. The minimum Gasteiger partial charge on any atom is -0.493 e. The van der Waals surface area contributed by atoms with Crippen molar-refractivity contribution in [2.45, 2.75) is 13.1 Å². The van der Waals surface area contributed by atoms with Crippen molar-refractivity contribution in [3.63, 3.8) is 0 Å². The van der Waals surface area contributed by atoms with Gasteiger partial charge in [-0.1, -0.05) is 30.3 Å². The summed E-state index contributed by atoms with van der Waals surface area (Å²) in [6.07, 6.45) is 3.50. The Hall–Kier alpha value is -3.34. The molecule has 0 N–H and O–H groups in total. The van der Waals surface area contributed by atoms with Crippen molar-refractivity contribution in [1.82, 2.24) is 9.88 Å². The van der Waals surface area contributed by atoms with Crippen molar-refractivity contribution >= 4 is 5.91 Å². The zero-order valence-corrected chi connectivity index (χ0v) is 15.5. The van der Waals surface area contributed by atoms with Gasteiger partial charge in [-0.05, 0) is 41.5 Å². The molecule has 0 bridgehead atoms. The number of hydrogen-bond acceptors (Lipinski definition) is 4. The zero-order valence-electron chi connectivity index (χ0n) is 15.5. The van der Waals surface area contributed by atoms with Gasteiger partial charge in [-0.25, -0.2) is 0 Å². The maximum atomic E-state index is 13.1.